The summed E-state index contributed by atoms with van der Waals surface area (Å²) in [5, 5.41) is 12.4. The standard InChI is InChI=1S/C22H24BO2P/c1-22(2)15-13-18(22)20(21(24)25)19(14-15)26(23,16-9-5-3-6-10-16)17-11-7-4-8-12-17/h3-12,15,18-20H,13-14H2,1-2H3/q-1/p+1/t15-,18+,19+,20+/m1/s1. The lowest BCUT2D eigenvalue weighted by atomic mass is 9.45. The van der Waals surface area contributed by atoms with Gasteiger partial charge >= 0.3 is 5.97 Å². The number of rotatable bonds is 4. The van der Waals surface area contributed by atoms with Crippen LogP contribution in [0.25, 0.3) is 0 Å². The Morgan fingerprint density at radius 2 is 1.50 bits per heavy atom. The molecule has 5 rings (SSSR count). The van der Waals surface area contributed by atoms with E-state index in [0.29, 0.717) is 5.92 Å². The van der Waals surface area contributed by atoms with Gasteiger partial charge in [0.2, 0.25) is 0 Å². The van der Waals surface area contributed by atoms with Gasteiger partial charge in [-0.3, -0.25) is 12.4 Å². The predicted octanol–water partition coefficient (Wildman–Crippen LogP) is 3.87. The Bertz CT molecular complexity index is 766. The largest absolute Gasteiger partial charge is 0.481 e. The van der Waals surface area contributed by atoms with Crippen LogP contribution in [-0.2, 0) is 4.79 Å². The minimum Gasteiger partial charge on any atom is -0.481 e. The van der Waals surface area contributed by atoms with Crippen molar-refractivity contribution >= 4 is 31.3 Å². The Morgan fingerprint density at radius 1 is 1.00 bits per heavy atom. The van der Waals surface area contributed by atoms with E-state index >= 15 is 0 Å². The Balaban J connectivity index is 1.86. The van der Waals surface area contributed by atoms with Crippen LogP contribution in [-0.4, -0.2) is 24.3 Å². The molecule has 4 atom stereocenters. The molecule has 2 aromatic carbocycles. The molecule has 133 valence electrons. The summed E-state index contributed by atoms with van der Waals surface area (Å²) < 4.78 is 0. The van der Waals surface area contributed by atoms with Gasteiger partial charge in [0, 0.05) is 16.3 Å². The highest BCUT2D eigenvalue weighted by atomic mass is 31.2. The highest BCUT2D eigenvalue weighted by Crippen LogP contribution is 2.71. The van der Waals surface area contributed by atoms with Crippen LogP contribution < -0.4 is 10.6 Å². The normalized spacial score (nSPS) is 29.7. The molecule has 3 fully saturated rings. The van der Waals surface area contributed by atoms with Crippen LogP contribution in [0.4, 0.5) is 0 Å². The number of carbonyl (C=O) groups is 1. The molecule has 2 aromatic rings. The number of carboxylic acid groups (broad SMARTS) is 1. The van der Waals surface area contributed by atoms with Gasteiger partial charge in [-0.15, -0.1) is 0 Å². The molecule has 0 heterocycles. The molecular formula is C22H25BO2P. The zero-order valence-electron chi connectivity index (χ0n) is 15.4. The van der Waals surface area contributed by atoms with Crippen molar-refractivity contribution < 1.29 is 9.90 Å². The van der Waals surface area contributed by atoms with Gasteiger partial charge < -0.3 is 5.11 Å². The SMILES string of the molecule is [B-][P+](c1ccccc1)(c1ccccc1)[C@H]1C[C@H]2C[C@@H]([C@@H]1C(=O)O)C2(C)C. The third kappa shape index (κ3) is 2.47. The van der Waals surface area contributed by atoms with Crippen molar-refractivity contribution in [3.05, 3.63) is 60.7 Å². The number of fused-ring (bicyclic) bond motifs is 2. The lowest BCUT2D eigenvalue weighted by Crippen LogP contribution is -2.61. The van der Waals surface area contributed by atoms with Crippen LogP contribution in [0.15, 0.2) is 60.7 Å². The molecule has 0 amide bonds. The maximum atomic E-state index is 12.4. The van der Waals surface area contributed by atoms with Crippen molar-refractivity contribution in [2.24, 2.45) is 23.2 Å². The molecular weight excluding hydrogens is 338 g/mol. The number of carboxylic acids is 1. The average molecular weight is 363 g/mol. The van der Waals surface area contributed by atoms with Crippen LogP contribution >= 0.6 is 7.14 Å². The second-order valence-electron chi connectivity index (χ2n) is 8.48. The molecule has 4 heteroatoms. The van der Waals surface area contributed by atoms with E-state index < -0.39 is 13.1 Å². The maximum absolute atomic E-state index is 12.4. The van der Waals surface area contributed by atoms with Crippen LogP contribution in [0.3, 0.4) is 0 Å². The highest BCUT2D eigenvalue weighted by Gasteiger charge is 2.63. The zero-order chi connectivity index (χ0) is 18.5. The summed E-state index contributed by atoms with van der Waals surface area (Å²) >= 11 is 0. The Kier molecular flexibility index (Phi) is 4.27. The van der Waals surface area contributed by atoms with Gasteiger partial charge in [0.15, 0.2) is 0 Å². The molecule has 3 radical (unpaired) electrons. The smallest absolute Gasteiger partial charge is 0.310 e. The van der Waals surface area contributed by atoms with Gasteiger partial charge in [0.1, 0.15) is 0 Å². The predicted molar refractivity (Wildman–Crippen MR) is 110 cm³/mol. The zero-order valence-corrected chi connectivity index (χ0v) is 16.3. The van der Waals surface area contributed by atoms with Gasteiger partial charge in [0.05, 0.1) is 5.92 Å². The van der Waals surface area contributed by atoms with E-state index in [-0.39, 0.29) is 22.9 Å². The molecule has 0 saturated heterocycles. The maximum Gasteiger partial charge on any atom is 0.310 e. The average Bonchev–Trinajstić information content (AvgIpc) is 2.68. The van der Waals surface area contributed by atoms with Crippen molar-refractivity contribution in [2.75, 3.05) is 0 Å². The molecule has 0 spiro atoms. The van der Waals surface area contributed by atoms with Gasteiger partial charge in [-0.2, -0.15) is 7.14 Å². The summed E-state index contributed by atoms with van der Waals surface area (Å²) in [6, 6.07) is 20.4. The van der Waals surface area contributed by atoms with Crippen LogP contribution in [0.2, 0.25) is 0 Å². The quantitative estimate of drug-likeness (QED) is 0.661. The highest BCUT2D eigenvalue weighted by molar-refractivity contribution is 8.09. The van der Waals surface area contributed by atoms with E-state index in [1.54, 1.807) is 0 Å². The lowest BCUT2D eigenvalue weighted by molar-refractivity contribution is -0.163. The first-order valence-electron chi connectivity index (χ1n) is 9.38. The molecule has 3 aliphatic carbocycles. The van der Waals surface area contributed by atoms with Crippen molar-refractivity contribution in [1.29, 1.82) is 0 Å². The number of benzene rings is 2. The molecule has 3 aliphatic rings. The first-order chi connectivity index (χ1) is 12.4. The monoisotopic (exact) mass is 363 g/mol. The van der Waals surface area contributed by atoms with Crippen molar-refractivity contribution in [1.82, 2.24) is 0 Å². The van der Waals surface area contributed by atoms with E-state index in [4.69, 9.17) is 7.57 Å². The number of hydrogen-bond acceptors (Lipinski definition) is 1. The minimum atomic E-state index is -2.30. The van der Waals surface area contributed by atoms with Gasteiger partial charge in [-0.05, 0) is 54.4 Å². The van der Waals surface area contributed by atoms with E-state index in [9.17, 15) is 9.90 Å². The van der Waals surface area contributed by atoms with E-state index in [2.05, 4.69) is 38.1 Å². The second-order valence-corrected chi connectivity index (χ2v) is 11.7. The third-order valence-electron chi connectivity index (χ3n) is 7.10. The summed E-state index contributed by atoms with van der Waals surface area (Å²) in [7, 11) is 4.96. The first kappa shape index (κ1) is 17.8. The van der Waals surface area contributed by atoms with Crippen molar-refractivity contribution in [2.45, 2.75) is 32.3 Å². The molecule has 0 aliphatic heterocycles. The summed E-state index contributed by atoms with van der Waals surface area (Å²) in [5.74, 6) is -0.246. The van der Waals surface area contributed by atoms with Crippen molar-refractivity contribution in [3.8, 4) is 0 Å². The molecule has 26 heavy (non-hydrogen) atoms. The van der Waals surface area contributed by atoms with E-state index in [1.165, 1.54) is 0 Å². The van der Waals surface area contributed by atoms with Gasteiger partial charge in [-0.25, -0.2) is 0 Å². The molecule has 3 saturated carbocycles. The molecule has 2 bridgehead atoms. The van der Waals surface area contributed by atoms with Crippen LogP contribution in [0.5, 0.6) is 0 Å². The fourth-order valence-corrected chi connectivity index (χ4v) is 9.23. The summed E-state index contributed by atoms with van der Waals surface area (Å²) in [4.78, 5) is 12.4. The summed E-state index contributed by atoms with van der Waals surface area (Å²) in [5.41, 5.74) is 0.110. The molecule has 2 nitrogen and oxygen atoms in total. The van der Waals surface area contributed by atoms with Crippen LogP contribution in [0.1, 0.15) is 26.7 Å². The number of aliphatic carboxylic acids is 1. The molecule has 1 N–H and O–H groups in total. The Morgan fingerprint density at radius 3 is 1.92 bits per heavy atom. The topological polar surface area (TPSA) is 37.3 Å². The van der Waals surface area contributed by atoms with E-state index in [0.717, 1.165) is 23.5 Å². The summed E-state index contributed by atoms with van der Waals surface area (Å²) in [6.45, 7) is 4.47. The Hall–Kier alpha value is -1.60. The Labute approximate surface area is 157 Å². The number of hydrogen-bond donors (Lipinski definition) is 1. The fourth-order valence-electron chi connectivity index (χ4n) is 5.41. The third-order valence-corrected chi connectivity index (χ3v) is 11.0. The van der Waals surface area contributed by atoms with Crippen LogP contribution in [0, 0.1) is 23.2 Å². The lowest BCUT2D eigenvalue weighted by Gasteiger charge is -2.64. The van der Waals surface area contributed by atoms with Gasteiger partial charge in [-0.1, -0.05) is 50.2 Å². The summed E-state index contributed by atoms with van der Waals surface area (Å²) in [6.07, 6.45) is 1.94. The molecule has 0 aromatic heterocycles. The minimum absolute atomic E-state index is 0.00146. The molecule has 0 unspecified atom stereocenters. The van der Waals surface area contributed by atoms with Gasteiger partial charge in [0.25, 0.3) is 0 Å². The second kappa shape index (κ2) is 6.24. The first-order valence-corrected chi connectivity index (χ1v) is 11.3. The van der Waals surface area contributed by atoms with Crippen molar-refractivity contribution in [3.63, 3.8) is 0 Å². The van der Waals surface area contributed by atoms with E-state index in [1.807, 2.05) is 36.4 Å². The fraction of sp³-hybridized carbons (Fsp3) is 0.409.